The van der Waals surface area contributed by atoms with Gasteiger partial charge in [-0.05, 0) is 74.7 Å². The van der Waals surface area contributed by atoms with E-state index in [0.717, 1.165) is 44.6 Å². The number of nitrogens with one attached hydrogen (secondary N) is 1. The number of nitrogens with zero attached hydrogens (tertiary/aromatic N) is 1. The van der Waals surface area contributed by atoms with Gasteiger partial charge in [0.2, 0.25) is 0 Å². The van der Waals surface area contributed by atoms with Gasteiger partial charge in [-0.1, -0.05) is 31.2 Å². The highest BCUT2D eigenvalue weighted by Gasteiger charge is 2.58. The second-order valence-corrected chi connectivity index (χ2v) is 9.50. The van der Waals surface area contributed by atoms with E-state index >= 15 is 0 Å². The number of fused-ring (bicyclic) bond motifs is 5. The number of ketones is 1. The Bertz CT molecular complexity index is 628. The molecule has 0 amide bonds. The molecule has 0 heterocycles. The zero-order valence-electron chi connectivity index (χ0n) is 16.6. The quantitative estimate of drug-likeness (QED) is 0.470. The molecule has 0 aromatic rings. The predicted molar refractivity (Wildman–Crippen MR) is 104 cm³/mol. The smallest absolute Gasteiger partial charge is 0.139 e. The number of rotatable bonds is 4. The van der Waals surface area contributed by atoms with E-state index in [4.69, 9.17) is 4.84 Å². The molecule has 0 aromatic carbocycles. The van der Waals surface area contributed by atoms with E-state index in [1.165, 1.54) is 18.6 Å². The van der Waals surface area contributed by atoms with Crippen LogP contribution in [0, 0.1) is 34.5 Å². The highest BCUT2D eigenvalue weighted by atomic mass is 16.6. The number of likely N-dealkylation sites (N-methyl/N-ethyl adjacent to an activating group) is 1. The lowest BCUT2D eigenvalue weighted by Gasteiger charge is -2.57. The lowest BCUT2D eigenvalue weighted by atomic mass is 9.47. The summed E-state index contributed by atoms with van der Waals surface area (Å²) in [6.07, 6.45) is 12.5. The molecule has 4 nitrogen and oxygen atoms in total. The lowest BCUT2D eigenvalue weighted by molar-refractivity contribution is -0.131. The van der Waals surface area contributed by atoms with E-state index in [-0.39, 0.29) is 5.41 Å². The third-order valence-electron chi connectivity index (χ3n) is 8.35. The maximum atomic E-state index is 12.5. The number of allylic oxidation sites excluding steroid dienone is 2. The monoisotopic (exact) mass is 358 g/mol. The molecule has 4 unspecified atom stereocenters. The highest BCUT2D eigenvalue weighted by molar-refractivity contribution is 5.87. The minimum atomic E-state index is -0.0445. The molecule has 0 radical (unpaired) electrons. The van der Waals surface area contributed by atoms with E-state index < -0.39 is 0 Å². The molecule has 3 saturated carbocycles. The normalized spacial score (nSPS) is 46.0. The van der Waals surface area contributed by atoms with Crippen molar-refractivity contribution in [2.75, 3.05) is 20.2 Å². The molecule has 144 valence electrons. The molecule has 4 rings (SSSR count). The summed E-state index contributed by atoms with van der Waals surface area (Å²) in [6.45, 7) is 6.23. The summed E-state index contributed by atoms with van der Waals surface area (Å²) < 4.78 is 0. The van der Waals surface area contributed by atoms with Crippen LogP contribution in [0.15, 0.2) is 17.3 Å². The fraction of sp³-hybridized carbons (Fsp3) is 0.818. The average Bonchev–Trinajstić information content (AvgIpc) is 2.94. The van der Waals surface area contributed by atoms with Crippen LogP contribution in [0.25, 0.3) is 0 Å². The van der Waals surface area contributed by atoms with Gasteiger partial charge in [0.25, 0.3) is 0 Å². The van der Waals surface area contributed by atoms with Gasteiger partial charge in [-0.2, -0.15) is 0 Å². The van der Waals surface area contributed by atoms with Gasteiger partial charge < -0.3 is 10.2 Å². The van der Waals surface area contributed by atoms with Crippen LogP contribution in [0.4, 0.5) is 0 Å². The molecule has 4 aliphatic rings. The zero-order valence-corrected chi connectivity index (χ0v) is 16.6. The third-order valence-corrected chi connectivity index (χ3v) is 8.35. The van der Waals surface area contributed by atoms with E-state index in [1.807, 2.05) is 7.05 Å². The maximum absolute atomic E-state index is 12.5. The van der Waals surface area contributed by atoms with Gasteiger partial charge >= 0.3 is 0 Å². The van der Waals surface area contributed by atoms with Gasteiger partial charge in [-0.15, -0.1) is 0 Å². The van der Waals surface area contributed by atoms with E-state index in [9.17, 15) is 4.79 Å². The molecule has 6 atom stereocenters. The van der Waals surface area contributed by atoms with Crippen molar-refractivity contribution in [2.24, 2.45) is 39.7 Å². The molecule has 4 aliphatic carbocycles. The van der Waals surface area contributed by atoms with Crippen LogP contribution in [0.5, 0.6) is 0 Å². The summed E-state index contributed by atoms with van der Waals surface area (Å²) in [6, 6.07) is 0. The van der Waals surface area contributed by atoms with Crippen molar-refractivity contribution >= 4 is 11.5 Å². The first-order valence-electron chi connectivity index (χ1n) is 10.5. The topological polar surface area (TPSA) is 50.7 Å². The summed E-state index contributed by atoms with van der Waals surface area (Å²) in [5, 5.41) is 7.50. The number of carbonyl (C=O) groups excluding carboxylic acids is 1. The Kier molecular flexibility index (Phi) is 4.75. The van der Waals surface area contributed by atoms with Crippen molar-refractivity contribution in [2.45, 2.75) is 58.8 Å². The Morgan fingerprint density at radius 1 is 1.19 bits per heavy atom. The Hall–Kier alpha value is -1.16. The van der Waals surface area contributed by atoms with Crippen LogP contribution in [0.2, 0.25) is 0 Å². The van der Waals surface area contributed by atoms with Crippen LogP contribution in [-0.2, 0) is 9.63 Å². The van der Waals surface area contributed by atoms with Crippen LogP contribution in [0.1, 0.15) is 58.8 Å². The fourth-order valence-electron chi connectivity index (χ4n) is 6.57. The maximum Gasteiger partial charge on any atom is 0.139 e. The molecule has 3 fully saturated rings. The first-order valence-corrected chi connectivity index (χ1v) is 10.5. The van der Waals surface area contributed by atoms with Gasteiger partial charge in [0.1, 0.15) is 12.4 Å². The van der Waals surface area contributed by atoms with E-state index in [1.54, 1.807) is 0 Å². The van der Waals surface area contributed by atoms with E-state index in [0.29, 0.717) is 35.6 Å². The number of hydrogen-bond donors (Lipinski definition) is 1. The van der Waals surface area contributed by atoms with Gasteiger partial charge in [-0.3, -0.25) is 4.79 Å². The predicted octanol–water partition coefficient (Wildman–Crippen LogP) is 3.97. The van der Waals surface area contributed by atoms with Crippen molar-refractivity contribution in [3.63, 3.8) is 0 Å². The Balaban J connectivity index is 1.51. The third kappa shape index (κ3) is 2.76. The minimum absolute atomic E-state index is 0.0445. The summed E-state index contributed by atoms with van der Waals surface area (Å²) in [4.78, 5) is 18.0. The zero-order chi connectivity index (χ0) is 18.4. The summed E-state index contributed by atoms with van der Waals surface area (Å²) >= 11 is 0. The molecular weight excluding hydrogens is 324 g/mol. The standard InChI is InChI=1S/C22H34N2O2/c1-21-10-8-16(24-26-13-12-23-3)14-15(21)4-5-17-18-6-7-20(25)22(18,2)11-9-19(17)21/h4-5,15,17-19,23H,6-14H2,1-3H3/b24-16-/t15?,17?,18?,19?,21-,22-/m0/s1. The number of hydrogen-bond acceptors (Lipinski definition) is 4. The molecule has 4 heteroatoms. The number of carbonyl (C=O) groups is 1. The second-order valence-electron chi connectivity index (χ2n) is 9.50. The van der Waals surface area contributed by atoms with Crippen molar-refractivity contribution in [1.82, 2.24) is 5.32 Å². The van der Waals surface area contributed by atoms with Crippen LogP contribution in [0.3, 0.4) is 0 Å². The average molecular weight is 359 g/mol. The molecule has 0 bridgehead atoms. The SMILES string of the molecule is CNCCO/N=C1/CC[C@@]2(C)C(C=CC3C2CC[C@]2(C)C(=O)CCC32)C1. The van der Waals surface area contributed by atoms with E-state index in [2.05, 4.69) is 36.5 Å². The molecule has 0 spiro atoms. The summed E-state index contributed by atoms with van der Waals surface area (Å²) in [5.41, 5.74) is 1.54. The number of oxime groups is 1. The Morgan fingerprint density at radius 2 is 2.04 bits per heavy atom. The van der Waals surface area contributed by atoms with Crippen molar-refractivity contribution < 1.29 is 9.63 Å². The minimum Gasteiger partial charge on any atom is -0.394 e. The second kappa shape index (κ2) is 6.78. The number of Topliss-reactive ketones (excluding diaryl/α,β-unsaturated/α-hetero) is 1. The highest BCUT2D eigenvalue weighted by Crippen LogP contribution is 2.63. The molecular formula is C22H34N2O2. The fourth-order valence-corrected chi connectivity index (χ4v) is 6.57. The van der Waals surface area contributed by atoms with Gasteiger partial charge in [0.05, 0.1) is 5.71 Å². The van der Waals surface area contributed by atoms with Crippen molar-refractivity contribution in [3.8, 4) is 0 Å². The molecule has 0 aliphatic heterocycles. The summed E-state index contributed by atoms with van der Waals surface area (Å²) in [7, 11) is 1.93. The summed E-state index contributed by atoms with van der Waals surface area (Å²) in [5.74, 6) is 3.01. The Morgan fingerprint density at radius 3 is 2.85 bits per heavy atom. The van der Waals surface area contributed by atoms with Gasteiger partial charge in [-0.25, -0.2) is 0 Å². The van der Waals surface area contributed by atoms with Crippen LogP contribution in [-0.4, -0.2) is 31.7 Å². The van der Waals surface area contributed by atoms with Crippen molar-refractivity contribution in [3.05, 3.63) is 12.2 Å². The van der Waals surface area contributed by atoms with Gasteiger partial charge in [0, 0.05) is 18.4 Å². The molecule has 0 aromatic heterocycles. The molecule has 0 saturated heterocycles. The van der Waals surface area contributed by atoms with Gasteiger partial charge in [0.15, 0.2) is 0 Å². The van der Waals surface area contributed by atoms with Crippen LogP contribution >= 0.6 is 0 Å². The van der Waals surface area contributed by atoms with Crippen molar-refractivity contribution in [1.29, 1.82) is 0 Å². The Labute approximate surface area is 157 Å². The first kappa shape index (κ1) is 18.2. The first-order chi connectivity index (χ1) is 12.5. The molecule has 26 heavy (non-hydrogen) atoms. The van der Waals surface area contributed by atoms with Crippen LogP contribution < -0.4 is 5.32 Å². The lowest BCUT2D eigenvalue weighted by Crippen LogP contribution is -2.51. The largest absolute Gasteiger partial charge is 0.394 e. The molecule has 1 N–H and O–H groups in total.